The van der Waals surface area contributed by atoms with Gasteiger partial charge in [0.2, 0.25) is 12.5 Å². The van der Waals surface area contributed by atoms with E-state index in [-0.39, 0.29) is 18.9 Å². The van der Waals surface area contributed by atoms with E-state index < -0.39 is 0 Å². The Bertz CT molecular complexity index is 1110. The number of methoxy groups -OCH3 is 3. The molecule has 8 heteroatoms. The van der Waals surface area contributed by atoms with Crippen LogP contribution in [0.1, 0.15) is 23.5 Å². The van der Waals surface area contributed by atoms with Crippen LogP contribution in [0.4, 0.5) is 5.69 Å². The fraction of sp³-hybridized carbons (Fsp3) is 0.280. The Labute approximate surface area is 192 Å². The largest absolute Gasteiger partial charge is 0.493 e. The van der Waals surface area contributed by atoms with Crippen molar-refractivity contribution in [1.82, 2.24) is 5.43 Å². The molecule has 0 fully saturated rings. The van der Waals surface area contributed by atoms with Gasteiger partial charge in [0.15, 0.2) is 29.2 Å². The average Bonchev–Trinajstić information content (AvgIpc) is 3.32. The van der Waals surface area contributed by atoms with Crippen LogP contribution in [0.3, 0.4) is 0 Å². The van der Waals surface area contributed by atoms with Gasteiger partial charge < -0.3 is 33.8 Å². The lowest BCUT2D eigenvalue weighted by Gasteiger charge is -2.33. The average molecular weight is 450 g/mol. The summed E-state index contributed by atoms with van der Waals surface area (Å²) in [5, 5.41) is 0. The molecule has 172 valence electrons. The molecule has 0 unspecified atom stereocenters. The molecule has 2 N–H and O–H groups in total. The minimum atomic E-state index is -0.304. The molecule has 8 nitrogen and oxygen atoms in total. The topological polar surface area (TPSA) is 79.4 Å². The van der Waals surface area contributed by atoms with E-state index in [2.05, 4.69) is 10.9 Å². The summed E-state index contributed by atoms with van der Waals surface area (Å²) in [4.78, 5) is 0. The predicted molar refractivity (Wildman–Crippen MR) is 123 cm³/mol. The Balaban J connectivity index is 1.52. The number of para-hydroxylation sites is 1. The normalized spacial score (nSPS) is 18.2. The van der Waals surface area contributed by atoms with Crippen molar-refractivity contribution in [2.75, 3.05) is 33.5 Å². The van der Waals surface area contributed by atoms with Crippen molar-refractivity contribution in [3.63, 3.8) is 0 Å². The summed E-state index contributed by atoms with van der Waals surface area (Å²) < 4.78 is 34.2. The van der Waals surface area contributed by atoms with E-state index in [4.69, 9.17) is 28.4 Å². The molecule has 2 atom stereocenters. The van der Waals surface area contributed by atoms with Gasteiger partial charge in [-0.15, -0.1) is 0 Å². The number of nitrogens with one attached hydrogen (secondary N) is 2. The molecule has 0 aromatic heterocycles. The van der Waals surface area contributed by atoms with Gasteiger partial charge in [-0.2, -0.15) is 5.43 Å². The molecule has 0 amide bonds. The number of anilines is 1. The van der Waals surface area contributed by atoms with Gasteiger partial charge in [0.1, 0.15) is 5.75 Å². The highest BCUT2D eigenvalue weighted by Crippen LogP contribution is 2.49. The van der Waals surface area contributed by atoms with E-state index in [9.17, 15) is 0 Å². The van der Waals surface area contributed by atoms with E-state index in [0.29, 0.717) is 35.2 Å². The number of hydrazine groups is 1. The molecule has 0 aliphatic carbocycles. The molecule has 33 heavy (non-hydrogen) atoms. The van der Waals surface area contributed by atoms with Crippen molar-refractivity contribution in [2.45, 2.75) is 18.6 Å². The maximum absolute atomic E-state index is 6.29. The predicted octanol–water partition coefficient (Wildman–Crippen LogP) is 4.30. The summed E-state index contributed by atoms with van der Waals surface area (Å²) in [6, 6.07) is 17.7. The maximum atomic E-state index is 6.29. The molecule has 0 saturated heterocycles. The number of fused-ring (bicyclic) bond motifs is 2. The van der Waals surface area contributed by atoms with Crippen LogP contribution in [-0.2, 0) is 0 Å². The molecule has 0 radical (unpaired) electrons. The Morgan fingerprint density at radius 2 is 1.52 bits per heavy atom. The molecule has 2 aliphatic heterocycles. The first kappa shape index (κ1) is 21.1. The number of benzene rings is 3. The van der Waals surface area contributed by atoms with Gasteiger partial charge in [0.25, 0.3) is 0 Å². The van der Waals surface area contributed by atoms with E-state index in [1.165, 1.54) is 0 Å². The lowest BCUT2D eigenvalue weighted by atomic mass is 9.85. The minimum Gasteiger partial charge on any atom is -0.493 e. The van der Waals surface area contributed by atoms with Crippen molar-refractivity contribution >= 4 is 5.69 Å². The van der Waals surface area contributed by atoms with Crippen molar-refractivity contribution < 1.29 is 28.4 Å². The summed E-state index contributed by atoms with van der Waals surface area (Å²) in [5.74, 6) is 3.86. The lowest BCUT2D eigenvalue weighted by molar-refractivity contribution is 0.138. The molecule has 5 rings (SSSR count). The Hall–Kier alpha value is -3.78. The highest BCUT2D eigenvalue weighted by molar-refractivity contribution is 5.59. The van der Waals surface area contributed by atoms with Gasteiger partial charge in [0.05, 0.1) is 21.3 Å². The molecule has 0 bridgehead atoms. The zero-order valence-electron chi connectivity index (χ0n) is 18.7. The third-order valence-electron chi connectivity index (χ3n) is 5.84. The van der Waals surface area contributed by atoms with Crippen LogP contribution in [0.2, 0.25) is 0 Å². The first-order valence-corrected chi connectivity index (χ1v) is 10.7. The molecule has 2 heterocycles. The van der Waals surface area contributed by atoms with Gasteiger partial charge >= 0.3 is 0 Å². The summed E-state index contributed by atoms with van der Waals surface area (Å²) in [6.45, 7) is 0.199. The summed E-state index contributed by atoms with van der Waals surface area (Å²) in [6.07, 6.45) is 0.354. The van der Waals surface area contributed by atoms with E-state index in [1.54, 1.807) is 21.3 Å². The van der Waals surface area contributed by atoms with E-state index >= 15 is 0 Å². The van der Waals surface area contributed by atoms with Crippen LogP contribution < -0.4 is 39.3 Å². The first-order valence-electron chi connectivity index (χ1n) is 10.7. The molecule has 2 aliphatic rings. The molecular weight excluding hydrogens is 424 g/mol. The van der Waals surface area contributed by atoms with Crippen molar-refractivity contribution in [2.24, 2.45) is 0 Å². The third-order valence-corrected chi connectivity index (χ3v) is 5.84. The van der Waals surface area contributed by atoms with Crippen LogP contribution in [-0.4, -0.2) is 34.4 Å². The first-order chi connectivity index (χ1) is 16.2. The van der Waals surface area contributed by atoms with Crippen LogP contribution in [0.5, 0.6) is 34.5 Å². The van der Waals surface area contributed by atoms with Crippen molar-refractivity contribution in [3.05, 3.63) is 65.7 Å². The Kier molecular flexibility index (Phi) is 5.75. The molecular formula is C25H26N2O6. The monoisotopic (exact) mass is 450 g/mol. The fourth-order valence-electron chi connectivity index (χ4n) is 4.25. The smallest absolute Gasteiger partial charge is 0.231 e. The van der Waals surface area contributed by atoms with Gasteiger partial charge in [-0.1, -0.05) is 18.2 Å². The number of ether oxygens (including phenoxy) is 6. The quantitative estimate of drug-likeness (QED) is 0.516. The van der Waals surface area contributed by atoms with E-state index in [1.807, 2.05) is 54.6 Å². The molecule has 0 saturated carbocycles. The van der Waals surface area contributed by atoms with Gasteiger partial charge in [-0.3, -0.25) is 0 Å². The van der Waals surface area contributed by atoms with Crippen molar-refractivity contribution in [1.29, 1.82) is 0 Å². The maximum Gasteiger partial charge on any atom is 0.231 e. The van der Waals surface area contributed by atoms with Crippen LogP contribution in [0.15, 0.2) is 54.6 Å². The molecule has 0 spiro atoms. The highest BCUT2D eigenvalue weighted by atomic mass is 16.7. The van der Waals surface area contributed by atoms with Crippen molar-refractivity contribution in [3.8, 4) is 34.5 Å². The van der Waals surface area contributed by atoms with Crippen LogP contribution in [0.25, 0.3) is 0 Å². The zero-order valence-corrected chi connectivity index (χ0v) is 18.7. The fourth-order valence-corrected chi connectivity index (χ4v) is 4.25. The SMILES string of the molecule is COc1cc([C@@H]2C[C@@H](NNc3ccccc3)Oc3cc4c(cc32)OCO4)cc(OC)c1OC. The number of rotatable bonds is 7. The summed E-state index contributed by atoms with van der Waals surface area (Å²) in [7, 11) is 4.83. The van der Waals surface area contributed by atoms with Crippen LogP contribution in [0, 0.1) is 0 Å². The number of hydrogen-bond donors (Lipinski definition) is 2. The Morgan fingerprint density at radius 3 is 2.18 bits per heavy atom. The number of hydrogen-bond acceptors (Lipinski definition) is 8. The second-order valence-electron chi connectivity index (χ2n) is 7.73. The minimum absolute atomic E-state index is 0.0213. The van der Waals surface area contributed by atoms with Gasteiger partial charge in [-0.05, 0) is 35.9 Å². The lowest BCUT2D eigenvalue weighted by Crippen LogP contribution is -2.42. The highest BCUT2D eigenvalue weighted by Gasteiger charge is 2.33. The van der Waals surface area contributed by atoms with Gasteiger partial charge in [-0.25, -0.2) is 0 Å². The zero-order chi connectivity index (χ0) is 22.8. The van der Waals surface area contributed by atoms with E-state index in [0.717, 1.165) is 22.6 Å². The summed E-state index contributed by atoms with van der Waals surface area (Å²) >= 11 is 0. The molecule has 3 aromatic carbocycles. The second-order valence-corrected chi connectivity index (χ2v) is 7.73. The summed E-state index contributed by atoms with van der Waals surface area (Å²) in [5.41, 5.74) is 9.49. The molecule has 3 aromatic rings. The van der Waals surface area contributed by atoms with Crippen LogP contribution >= 0.6 is 0 Å². The third kappa shape index (κ3) is 4.05. The van der Waals surface area contributed by atoms with Gasteiger partial charge in [0, 0.05) is 29.7 Å². The Morgan fingerprint density at radius 1 is 0.818 bits per heavy atom. The standard InChI is InChI=1S/C25H26N2O6/c1-28-22-9-15(10-23(29-2)25(22)30-3)17-12-24(27-26-16-7-5-4-6-8-16)33-19-13-21-20(11-18(17)19)31-14-32-21/h4-11,13,17,24,26-27H,12,14H2,1-3H3/t17-,24-/m0/s1. The second kappa shape index (κ2) is 8.99.